The zero-order valence-electron chi connectivity index (χ0n) is 9.32. The van der Waals surface area contributed by atoms with E-state index in [0.29, 0.717) is 0 Å². The van der Waals surface area contributed by atoms with Gasteiger partial charge >= 0.3 is 0 Å². The number of carbonyl (C=O) groups excluding carboxylic acids is 1. The van der Waals surface area contributed by atoms with Crippen molar-refractivity contribution in [2.45, 2.75) is 20.8 Å². The average molecular weight is 201 g/mol. The van der Waals surface area contributed by atoms with Gasteiger partial charge in [0, 0.05) is 23.9 Å². The minimum Gasteiger partial charge on any atom is -0.323 e. The van der Waals surface area contributed by atoms with Crippen LogP contribution in [0.4, 0.5) is 0 Å². The average Bonchev–Trinajstić information content (AvgIpc) is 2.52. The first-order valence-electron chi connectivity index (χ1n) is 5.21. The Labute approximate surface area is 89.5 Å². The first-order chi connectivity index (χ1) is 7.11. The highest BCUT2D eigenvalue weighted by atomic mass is 16.1. The second kappa shape index (κ2) is 3.54. The second-order valence-electron chi connectivity index (χ2n) is 4.20. The molecule has 2 rings (SSSR count). The summed E-state index contributed by atoms with van der Waals surface area (Å²) in [5.74, 6) is 0.274. The Morgan fingerprint density at radius 2 is 2.07 bits per heavy atom. The quantitative estimate of drug-likeness (QED) is 0.684. The van der Waals surface area contributed by atoms with Crippen LogP contribution in [0.2, 0.25) is 0 Å². The van der Waals surface area contributed by atoms with Gasteiger partial charge in [-0.2, -0.15) is 0 Å². The maximum atomic E-state index is 12.0. The molecule has 0 saturated heterocycles. The molecule has 0 unspecified atom stereocenters. The summed E-state index contributed by atoms with van der Waals surface area (Å²) in [5.41, 5.74) is 2.93. The Kier molecular flexibility index (Phi) is 2.35. The Bertz CT molecular complexity index is 508. The first kappa shape index (κ1) is 9.97. The summed E-state index contributed by atoms with van der Waals surface area (Å²) in [6, 6.07) is 5.92. The van der Waals surface area contributed by atoms with Gasteiger partial charge in [-0.05, 0) is 24.6 Å². The summed E-state index contributed by atoms with van der Waals surface area (Å²) in [6.45, 7) is 5.87. The topological polar surface area (TPSA) is 21.5 Å². The molecule has 2 heterocycles. The van der Waals surface area contributed by atoms with Crippen molar-refractivity contribution < 1.29 is 4.79 Å². The van der Waals surface area contributed by atoms with Crippen LogP contribution >= 0.6 is 0 Å². The second-order valence-corrected chi connectivity index (χ2v) is 4.20. The van der Waals surface area contributed by atoms with E-state index in [0.717, 1.165) is 16.6 Å². The van der Waals surface area contributed by atoms with Gasteiger partial charge in [0.15, 0.2) is 5.78 Å². The predicted octanol–water partition coefficient (Wildman–Crippen LogP) is 3.09. The van der Waals surface area contributed by atoms with E-state index in [2.05, 4.69) is 0 Å². The normalized spacial score (nSPS) is 11.2. The maximum Gasteiger partial charge on any atom is 0.167 e. The third-order valence-electron chi connectivity index (χ3n) is 2.64. The van der Waals surface area contributed by atoms with Crippen LogP contribution in [0.5, 0.6) is 0 Å². The lowest BCUT2D eigenvalue weighted by atomic mass is 9.99. The van der Waals surface area contributed by atoms with E-state index in [4.69, 9.17) is 0 Å². The number of fused-ring (bicyclic) bond motifs is 1. The van der Waals surface area contributed by atoms with E-state index < -0.39 is 0 Å². The van der Waals surface area contributed by atoms with E-state index in [9.17, 15) is 4.79 Å². The van der Waals surface area contributed by atoms with Crippen molar-refractivity contribution in [3.05, 3.63) is 41.7 Å². The number of aromatic nitrogens is 1. The Hall–Kier alpha value is -1.57. The van der Waals surface area contributed by atoms with Crippen LogP contribution in [-0.4, -0.2) is 10.2 Å². The van der Waals surface area contributed by atoms with E-state index >= 15 is 0 Å². The van der Waals surface area contributed by atoms with Gasteiger partial charge in [0.25, 0.3) is 0 Å². The van der Waals surface area contributed by atoms with Crippen molar-refractivity contribution >= 4 is 11.3 Å². The van der Waals surface area contributed by atoms with Crippen LogP contribution in [0, 0.1) is 12.8 Å². The fourth-order valence-corrected chi connectivity index (χ4v) is 1.86. The number of pyridine rings is 1. The number of hydrogen-bond acceptors (Lipinski definition) is 1. The van der Waals surface area contributed by atoms with Gasteiger partial charge in [-0.3, -0.25) is 4.79 Å². The van der Waals surface area contributed by atoms with Crippen LogP contribution in [0.15, 0.2) is 30.6 Å². The molecule has 2 heteroatoms. The largest absolute Gasteiger partial charge is 0.323 e. The molecule has 0 aromatic carbocycles. The molecule has 2 aromatic rings. The standard InChI is InChI=1S/C13H15NO/c1-9(2)13(15)12-10(3)8-14-7-5-4-6-11(12)14/h4-9H,1-3H3. The molecule has 0 spiro atoms. The van der Waals surface area contributed by atoms with Crippen molar-refractivity contribution in [3.8, 4) is 0 Å². The Morgan fingerprint density at radius 3 is 2.73 bits per heavy atom. The number of carbonyl (C=O) groups is 1. The van der Waals surface area contributed by atoms with Gasteiger partial charge in [0.1, 0.15) is 0 Å². The number of nitrogens with zero attached hydrogens (tertiary/aromatic N) is 1. The van der Waals surface area contributed by atoms with Crippen molar-refractivity contribution in [2.75, 3.05) is 0 Å². The molecule has 0 aliphatic rings. The Morgan fingerprint density at radius 1 is 1.33 bits per heavy atom. The molecular weight excluding hydrogens is 186 g/mol. The minimum atomic E-state index is 0.0510. The molecule has 78 valence electrons. The molecule has 0 aliphatic carbocycles. The first-order valence-corrected chi connectivity index (χ1v) is 5.21. The van der Waals surface area contributed by atoms with Gasteiger partial charge in [-0.15, -0.1) is 0 Å². The fraction of sp³-hybridized carbons (Fsp3) is 0.308. The lowest BCUT2D eigenvalue weighted by molar-refractivity contribution is 0.0940. The zero-order valence-corrected chi connectivity index (χ0v) is 9.32. The molecule has 0 atom stereocenters. The fourth-order valence-electron chi connectivity index (χ4n) is 1.86. The number of Topliss-reactive ketones (excluding diaryl/α,β-unsaturated/α-hetero) is 1. The van der Waals surface area contributed by atoms with Crippen LogP contribution < -0.4 is 0 Å². The van der Waals surface area contributed by atoms with Crippen LogP contribution in [-0.2, 0) is 0 Å². The van der Waals surface area contributed by atoms with Crippen LogP contribution in [0.3, 0.4) is 0 Å². The molecule has 0 aliphatic heterocycles. The molecule has 15 heavy (non-hydrogen) atoms. The highest BCUT2D eigenvalue weighted by molar-refractivity contribution is 6.05. The van der Waals surface area contributed by atoms with E-state index in [1.54, 1.807) is 0 Å². The SMILES string of the molecule is Cc1cn2ccccc2c1C(=O)C(C)C. The van der Waals surface area contributed by atoms with Crippen LogP contribution in [0.1, 0.15) is 29.8 Å². The summed E-state index contributed by atoms with van der Waals surface area (Å²) in [6.07, 6.45) is 3.98. The third-order valence-corrected chi connectivity index (χ3v) is 2.64. The third kappa shape index (κ3) is 1.56. The minimum absolute atomic E-state index is 0.0510. The molecule has 0 bridgehead atoms. The van der Waals surface area contributed by atoms with Crippen molar-refractivity contribution in [3.63, 3.8) is 0 Å². The number of aryl methyl sites for hydroxylation is 1. The predicted molar refractivity (Wildman–Crippen MR) is 61.3 cm³/mol. The van der Waals surface area contributed by atoms with E-state index in [1.165, 1.54) is 0 Å². The highest BCUT2D eigenvalue weighted by Gasteiger charge is 2.17. The molecule has 0 saturated carbocycles. The lowest BCUT2D eigenvalue weighted by Crippen LogP contribution is -2.08. The highest BCUT2D eigenvalue weighted by Crippen LogP contribution is 2.21. The number of hydrogen-bond donors (Lipinski definition) is 0. The lowest BCUT2D eigenvalue weighted by Gasteiger charge is -2.04. The summed E-state index contributed by atoms with van der Waals surface area (Å²) < 4.78 is 2.00. The Balaban J connectivity index is 2.69. The molecular formula is C13H15NO. The molecule has 0 N–H and O–H groups in total. The molecule has 0 fully saturated rings. The molecule has 0 radical (unpaired) electrons. The molecule has 0 amide bonds. The zero-order chi connectivity index (χ0) is 11.0. The van der Waals surface area contributed by atoms with Crippen LogP contribution in [0.25, 0.3) is 5.52 Å². The summed E-state index contributed by atoms with van der Waals surface area (Å²) in [7, 11) is 0. The van der Waals surface area contributed by atoms with Gasteiger partial charge in [-0.25, -0.2) is 0 Å². The maximum absolute atomic E-state index is 12.0. The summed E-state index contributed by atoms with van der Waals surface area (Å²) >= 11 is 0. The van der Waals surface area contributed by atoms with Gasteiger partial charge in [0.05, 0.1) is 5.52 Å². The van der Waals surface area contributed by atoms with Crippen molar-refractivity contribution in [1.82, 2.24) is 4.40 Å². The van der Waals surface area contributed by atoms with Crippen molar-refractivity contribution in [1.29, 1.82) is 0 Å². The van der Waals surface area contributed by atoms with Gasteiger partial charge in [0.2, 0.25) is 0 Å². The number of ketones is 1. The smallest absolute Gasteiger partial charge is 0.167 e. The van der Waals surface area contributed by atoms with Gasteiger partial charge < -0.3 is 4.40 Å². The monoisotopic (exact) mass is 201 g/mol. The van der Waals surface area contributed by atoms with Crippen molar-refractivity contribution in [2.24, 2.45) is 5.92 Å². The number of rotatable bonds is 2. The van der Waals surface area contributed by atoms with Gasteiger partial charge in [-0.1, -0.05) is 19.9 Å². The van der Waals surface area contributed by atoms with E-state index in [-0.39, 0.29) is 11.7 Å². The summed E-state index contributed by atoms with van der Waals surface area (Å²) in [5, 5.41) is 0. The summed E-state index contributed by atoms with van der Waals surface area (Å²) in [4.78, 5) is 12.0. The molecule has 2 nitrogen and oxygen atoms in total. The molecule has 2 aromatic heterocycles. The van der Waals surface area contributed by atoms with E-state index in [1.807, 2.05) is 55.8 Å².